The molecule has 0 heterocycles. The van der Waals surface area contributed by atoms with Crippen molar-refractivity contribution in [3.05, 3.63) is 52.6 Å². The van der Waals surface area contributed by atoms with E-state index < -0.39 is 16.2 Å². The van der Waals surface area contributed by atoms with Crippen molar-refractivity contribution in [3.8, 4) is 11.8 Å². The van der Waals surface area contributed by atoms with Crippen molar-refractivity contribution in [3.63, 3.8) is 0 Å². The van der Waals surface area contributed by atoms with Crippen LogP contribution < -0.4 is 0 Å². The number of methoxy groups -OCH3 is 1. The monoisotopic (exact) mass is 520 g/mol. The molecule has 1 unspecified atom stereocenters. The Balaban J connectivity index is 1.69. The van der Waals surface area contributed by atoms with Gasteiger partial charge in [0.2, 0.25) is 0 Å². The van der Waals surface area contributed by atoms with Crippen LogP contribution in [0, 0.1) is 34.5 Å². The van der Waals surface area contributed by atoms with Crippen LogP contribution in [0.15, 0.2) is 52.0 Å². The van der Waals surface area contributed by atoms with E-state index in [0.717, 1.165) is 42.6 Å². The second-order valence-electron chi connectivity index (χ2n) is 11.3. The Labute approximate surface area is 222 Å². The minimum atomic E-state index is -1.06. The van der Waals surface area contributed by atoms with Gasteiger partial charge in [-0.25, -0.2) is 0 Å². The minimum absolute atomic E-state index is 0.00666. The summed E-state index contributed by atoms with van der Waals surface area (Å²) in [7, 11) is 0.489. The van der Waals surface area contributed by atoms with Crippen LogP contribution in [0.5, 0.6) is 0 Å². The molecule has 1 aromatic carbocycles. The summed E-state index contributed by atoms with van der Waals surface area (Å²) >= 11 is 0. The van der Waals surface area contributed by atoms with Crippen LogP contribution in [0.4, 0.5) is 0 Å². The molecule has 1 N–H and O–H groups in total. The van der Waals surface area contributed by atoms with Crippen LogP contribution in [0.25, 0.3) is 0 Å². The molecule has 2 fully saturated rings. The first-order valence-corrected chi connectivity index (χ1v) is 14.8. The lowest BCUT2D eigenvalue weighted by atomic mass is 9.48. The van der Waals surface area contributed by atoms with Gasteiger partial charge in [0, 0.05) is 41.4 Å². The van der Waals surface area contributed by atoms with Crippen molar-refractivity contribution < 1.29 is 23.6 Å². The molecule has 0 amide bonds. The smallest absolute Gasteiger partial charge is 0.176 e. The lowest BCUT2D eigenvalue weighted by Gasteiger charge is -2.54. The van der Waals surface area contributed by atoms with Gasteiger partial charge < -0.3 is 9.84 Å². The number of aliphatic hydroxyl groups excluding tert-OH is 1. The van der Waals surface area contributed by atoms with Crippen LogP contribution in [0.3, 0.4) is 0 Å². The molecule has 0 aromatic heterocycles. The summed E-state index contributed by atoms with van der Waals surface area (Å²) < 4.78 is 17.4. The molecule has 0 aliphatic heterocycles. The van der Waals surface area contributed by atoms with E-state index in [4.69, 9.17) is 4.74 Å². The Morgan fingerprint density at radius 1 is 1.19 bits per heavy atom. The molecule has 6 atom stereocenters. The lowest BCUT2D eigenvalue weighted by Crippen LogP contribution is -2.51. The fourth-order valence-electron chi connectivity index (χ4n) is 8.06. The van der Waals surface area contributed by atoms with E-state index in [1.54, 1.807) is 13.4 Å². The number of benzene rings is 1. The number of hydrogen-bond donors (Lipinski definition) is 1. The van der Waals surface area contributed by atoms with Gasteiger partial charge in [-0.1, -0.05) is 36.5 Å². The van der Waals surface area contributed by atoms with Gasteiger partial charge in [0.25, 0.3) is 0 Å². The topological polar surface area (TPSA) is 80.7 Å². The zero-order valence-electron chi connectivity index (χ0n) is 22.0. The number of fused-ring (bicyclic) bond motifs is 4. The number of ether oxygens (including phenoxy) is 1. The molecule has 0 bridgehead atoms. The molecule has 0 radical (unpaired) electrons. The average molecular weight is 521 g/mol. The number of Topliss-reactive ketones (excluding diaryl/α,β-unsaturated/α-hetero) is 1. The highest BCUT2D eigenvalue weighted by atomic mass is 32.2. The van der Waals surface area contributed by atoms with Crippen molar-refractivity contribution in [2.45, 2.75) is 62.7 Å². The van der Waals surface area contributed by atoms with E-state index in [-0.39, 0.29) is 36.1 Å². The second kappa shape index (κ2) is 10.1. The SMILES string of the molecule is COCC(=O)[C@@]1(C#CCO)CC[C@H]2[C@@H]3CCC4=CC(=O)CCC4=C3[C@@H](c3ccc(S(C)=O)cc3)C[C@@]21C. The van der Waals surface area contributed by atoms with Crippen LogP contribution in [-0.2, 0) is 25.1 Å². The summed E-state index contributed by atoms with van der Waals surface area (Å²) in [6.45, 7) is 1.98. The summed E-state index contributed by atoms with van der Waals surface area (Å²) in [5.41, 5.74) is 3.91. The number of carbonyl (C=O) groups is 2. The van der Waals surface area contributed by atoms with Gasteiger partial charge in [-0.05, 0) is 90.7 Å². The van der Waals surface area contributed by atoms with Gasteiger partial charge in [0.1, 0.15) is 13.2 Å². The van der Waals surface area contributed by atoms with Gasteiger partial charge in [0.15, 0.2) is 11.6 Å². The van der Waals surface area contributed by atoms with Crippen LogP contribution in [0.2, 0.25) is 0 Å². The van der Waals surface area contributed by atoms with Gasteiger partial charge in [-0.2, -0.15) is 0 Å². The standard InChI is InChI=1S/C31H36O5S/c1-30-18-26(20-5-9-23(10-6-20)37(3)35)29-24-12-8-22(33)17-21(24)7-11-25(29)27(30)13-15-31(30,14-4-16-32)28(34)19-36-2/h5-6,9-10,17,25-27,32H,7-8,11-13,15-16,18-19H2,1-3H3/t25-,26+,27-,30-,31+,37?/m0/s1. The molecule has 196 valence electrons. The van der Waals surface area contributed by atoms with Crippen molar-refractivity contribution >= 4 is 22.4 Å². The van der Waals surface area contributed by atoms with Gasteiger partial charge in [0.05, 0.1) is 5.41 Å². The molecule has 1 aromatic rings. The number of hydrogen-bond acceptors (Lipinski definition) is 5. The number of rotatable bonds is 5. The van der Waals surface area contributed by atoms with Crippen molar-refractivity contribution in [1.82, 2.24) is 0 Å². The number of aliphatic hydroxyl groups is 1. The Bertz CT molecular complexity index is 1260. The lowest BCUT2D eigenvalue weighted by molar-refractivity contribution is -0.136. The third-order valence-electron chi connectivity index (χ3n) is 9.68. The predicted molar refractivity (Wildman–Crippen MR) is 143 cm³/mol. The number of allylic oxidation sites excluding steroid dienone is 4. The summed E-state index contributed by atoms with van der Waals surface area (Å²) in [5, 5.41) is 9.59. The van der Waals surface area contributed by atoms with Crippen LogP contribution in [-0.4, -0.2) is 47.5 Å². The largest absolute Gasteiger partial charge is 0.384 e. The maximum absolute atomic E-state index is 13.7. The molecule has 6 heteroatoms. The first-order chi connectivity index (χ1) is 17.8. The minimum Gasteiger partial charge on any atom is -0.384 e. The number of carbonyl (C=O) groups excluding carboxylic acids is 2. The summed E-state index contributed by atoms with van der Waals surface area (Å²) in [6, 6.07) is 8.09. The molecule has 5 nitrogen and oxygen atoms in total. The molecule has 4 aliphatic rings. The van der Waals surface area contributed by atoms with Crippen molar-refractivity contribution in [2.24, 2.45) is 22.7 Å². The molecule has 0 spiro atoms. The molecule has 4 aliphatic carbocycles. The number of ketones is 2. The maximum atomic E-state index is 13.7. The van der Waals surface area contributed by atoms with Gasteiger partial charge >= 0.3 is 0 Å². The average Bonchev–Trinajstić information content (AvgIpc) is 3.19. The zero-order valence-corrected chi connectivity index (χ0v) is 22.8. The highest BCUT2D eigenvalue weighted by Gasteiger charge is 2.65. The van der Waals surface area contributed by atoms with E-state index in [0.29, 0.717) is 24.7 Å². The zero-order chi connectivity index (χ0) is 26.4. The fraction of sp³-hybridized carbons (Fsp3) is 0.548. The molecule has 5 rings (SSSR count). The van der Waals surface area contributed by atoms with E-state index >= 15 is 0 Å². The van der Waals surface area contributed by atoms with Crippen LogP contribution >= 0.6 is 0 Å². The quantitative estimate of drug-likeness (QED) is 0.578. The fourth-order valence-corrected chi connectivity index (χ4v) is 8.58. The summed E-state index contributed by atoms with van der Waals surface area (Å²) in [6.07, 6.45) is 9.09. The Morgan fingerprint density at radius 3 is 2.62 bits per heavy atom. The highest BCUT2D eigenvalue weighted by molar-refractivity contribution is 7.84. The van der Waals surface area contributed by atoms with Crippen molar-refractivity contribution in [1.29, 1.82) is 0 Å². The van der Waals surface area contributed by atoms with Crippen molar-refractivity contribution in [2.75, 3.05) is 26.6 Å². The normalized spacial score (nSPS) is 33.5. The summed E-state index contributed by atoms with van der Waals surface area (Å²) in [4.78, 5) is 26.8. The highest BCUT2D eigenvalue weighted by Crippen LogP contribution is 2.69. The van der Waals surface area contributed by atoms with Gasteiger partial charge in [-0.3, -0.25) is 13.8 Å². The van der Waals surface area contributed by atoms with E-state index in [2.05, 4.69) is 30.9 Å². The van der Waals surface area contributed by atoms with Gasteiger partial charge in [-0.15, -0.1) is 0 Å². The summed E-state index contributed by atoms with van der Waals surface area (Å²) in [5.74, 6) is 7.06. The first-order valence-electron chi connectivity index (χ1n) is 13.3. The molecule has 0 saturated heterocycles. The molecule has 2 saturated carbocycles. The maximum Gasteiger partial charge on any atom is 0.176 e. The molecular formula is C31H36O5S. The van der Waals surface area contributed by atoms with E-state index in [1.807, 2.05) is 18.2 Å². The Kier molecular flexibility index (Phi) is 7.17. The predicted octanol–water partition coefficient (Wildman–Crippen LogP) is 4.52. The third-order valence-corrected chi connectivity index (χ3v) is 10.6. The molecule has 37 heavy (non-hydrogen) atoms. The molecular weight excluding hydrogens is 484 g/mol. The van der Waals surface area contributed by atoms with E-state index in [1.165, 1.54) is 16.7 Å². The third kappa shape index (κ3) is 4.20. The Morgan fingerprint density at radius 2 is 1.95 bits per heavy atom. The van der Waals surface area contributed by atoms with E-state index in [9.17, 15) is 18.9 Å². The first kappa shape index (κ1) is 26.3. The Hall–Kier alpha value is -2.33. The second-order valence-corrected chi connectivity index (χ2v) is 12.7. The van der Waals surface area contributed by atoms with Crippen LogP contribution in [0.1, 0.15) is 63.4 Å².